The van der Waals surface area contributed by atoms with E-state index in [0.717, 1.165) is 39.6 Å². The molecule has 0 atom stereocenters. The summed E-state index contributed by atoms with van der Waals surface area (Å²) < 4.78 is 129. The lowest BCUT2D eigenvalue weighted by Crippen LogP contribution is -2.42. The average molecular weight is 1910 g/mol. The summed E-state index contributed by atoms with van der Waals surface area (Å²) in [5, 5.41) is 50.5. The number of nitrogens with one attached hydrogen (secondary N) is 2. The van der Waals surface area contributed by atoms with Crippen LogP contribution >= 0.6 is 57.2 Å². The van der Waals surface area contributed by atoms with E-state index in [1.54, 1.807) is 124 Å². The number of aromatic carboxylic acids is 3. The Kier molecular flexibility index (Phi) is 24.1. The lowest BCUT2D eigenvalue weighted by molar-refractivity contribution is -0.137. The van der Waals surface area contributed by atoms with E-state index in [4.69, 9.17) is 28.5 Å². The molecular formula is C91H58Cl2F7N11O17S4. The van der Waals surface area contributed by atoms with Gasteiger partial charge in [0.2, 0.25) is 17.7 Å². The molecule has 8 aromatic carbocycles. The number of fused-ring (bicyclic) bond motifs is 8. The summed E-state index contributed by atoms with van der Waals surface area (Å²) in [6.45, 7) is -1.47. The predicted octanol–water partition coefficient (Wildman–Crippen LogP) is 16.7. The molecule has 3 aliphatic rings. The fourth-order valence-electron chi connectivity index (χ4n) is 16.1. The second-order valence-electron chi connectivity index (χ2n) is 30.0. The third-order valence-electron chi connectivity index (χ3n) is 22.0. The highest BCUT2D eigenvalue weighted by Gasteiger charge is 2.44. The maximum absolute atomic E-state index is 14.2. The molecule has 7 amide bonds. The Morgan fingerprint density at radius 1 is 0.492 bits per heavy atom. The number of benzene rings is 8. The topological polar surface area (TPSA) is 386 Å². The van der Waals surface area contributed by atoms with E-state index in [1.807, 2.05) is 6.07 Å². The maximum Gasteiger partial charge on any atom is 0.416 e. The fraction of sp³-hybridized carbons (Fsp3) is 0.110. The summed E-state index contributed by atoms with van der Waals surface area (Å²) >= 11 is 16.0. The van der Waals surface area contributed by atoms with E-state index in [9.17, 15) is 112 Å². The zero-order chi connectivity index (χ0) is 94.3. The molecule has 19 rings (SSSR count). The molecule has 41 heteroatoms. The molecule has 0 spiro atoms. The van der Waals surface area contributed by atoms with E-state index in [-0.39, 0.29) is 104 Å². The minimum Gasteiger partial charge on any atom is -0.477 e. The van der Waals surface area contributed by atoms with Crippen molar-refractivity contribution in [1.29, 1.82) is 5.26 Å². The van der Waals surface area contributed by atoms with E-state index < -0.39 is 134 Å². The normalized spacial score (nSPS) is 13.2. The number of carbonyl (C=O) groups excluding carboxylic acids is 7. The van der Waals surface area contributed by atoms with Gasteiger partial charge in [0, 0.05) is 74.9 Å². The van der Waals surface area contributed by atoms with Crippen LogP contribution in [-0.2, 0) is 90.4 Å². The number of nitrogens with zero attached hydrogens (tertiary/aromatic N) is 9. The van der Waals surface area contributed by atoms with Crippen LogP contribution in [0.25, 0.3) is 60.2 Å². The highest BCUT2D eigenvalue weighted by atomic mass is 35.5. The molecule has 11 heterocycles. The van der Waals surface area contributed by atoms with Gasteiger partial charge >= 0.3 is 29.8 Å². The number of carboxylic acids is 3. The Bertz CT molecular complexity index is 7990. The summed E-state index contributed by atoms with van der Waals surface area (Å²) in [6, 6.07) is 39.6. The number of alkyl halides is 5. The van der Waals surface area contributed by atoms with Gasteiger partial charge in [-0.1, -0.05) is 71.7 Å². The summed E-state index contributed by atoms with van der Waals surface area (Å²) in [5.41, 5.74) is 2.08. The Morgan fingerprint density at radius 3 is 1.45 bits per heavy atom. The van der Waals surface area contributed by atoms with Crippen LogP contribution in [0.15, 0.2) is 211 Å². The van der Waals surface area contributed by atoms with Crippen LogP contribution in [0.4, 0.5) is 47.8 Å². The van der Waals surface area contributed by atoms with Crippen molar-refractivity contribution in [2.75, 3.05) is 14.7 Å². The third kappa shape index (κ3) is 16.3. The number of hydrogen-bond donors (Lipinski definition) is 5. The number of H-pyrrole nitrogens is 1. The number of aromatic nitrogens is 6. The molecule has 8 aromatic heterocycles. The first-order chi connectivity index (χ1) is 62.9. The van der Waals surface area contributed by atoms with Crippen LogP contribution in [0.1, 0.15) is 123 Å². The van der Waals surface area contributed by atoms with Crippen molar-refractivity contribution in [3.63, 3.8) is 0 Å². The van der Waals surface area contributed by atoms with Crippen LogP contribution in [0.5, 0.6) is 0 Å². The number of thiophene rings is 3. The number of halogens is 9. The number of rotatable bonds is 16. The number of aryl methyl sites for hydroxylation is 2. The number of para-hydroxylation sites is 1. The Morgan fingerprint density at radius 2 is 0.947 bits per heavy atom. The quantitative estimate of drug-likeness (QED) is 0.0443. The molecular weight excluding hydrogens is 1850 g/mol. The molecule has 0 bridgehead atoms. The molecule has 28 nitrogen and oxygen atoms in total. The van der Waals surface area contributed by atoms with Gasteiger partial charge in [-0.3, -0.25) is 38.4 Å². The van der Waals surface area contributed by atoms with Crippen molar-refractivity contribution >= 4 is 198 Å². The van der Waals surface area contributed by atoms with Gasteiger partial charge in [-0.2, -0.15) is 52.4 Å². The Hall–Kier alpha value is -15.2. The Labute approximate surface area is 758 Å². The largest absolute Gasteiger partial charge is 0.477 e. The van der Waals surface area contributed by atoms with Crippen LogP contribution in [0.3, 0.4) is 0 Å². The number of anilines is 3. The van der Waals surface area contributed by atoms with Gasteiger partial charge in [0.05, 0.1) is 109 Å². The molecule has 0 fully saturated rings. The van der Waals surface area contributed by atoms with Gasteiger partial charge in [-0.25, -0.2) is 69.1 Å². The van der Waals surface area contributed by atoms with E-state index in [1.165, 1.54) is 107 Å². The van der Waals surface area contributed by atoms with Gasteiger partial charge in [0.15, 0.2) is 17.1 Å². The summed E-state index contributed by atoms with van der Waals surface area (Å²) in [5.74, 6) is -11.4. The first kappa shape index (κ1) is 90.2. The summed E-state index contributed by atoms with van der Waals surface area (Å²) in [4.78, 5) is 159. The molecule has 0 radical (unpaired) electrons. The molecule has 16 aromatic rings. The van der Waals surface area contributed by atoms with Gasteiger partial charge in [-0.15, -0.1) is 0 Å². The summed E-state index contributed by atoms with van der Waals surface area (Å²) in [6.07, 6.45) is -4.92. The smallest absolute Gasteiger partial charge is 0.416 e. The average Bonchev–Trinajstić information content (AvgIpc) is 1.60. The summed E-state index contributed by atoms with van der Waals surface area (Å²) in [7, 11) is -1.96. The van der Waals surface area contributed by atoms with E-state index in [0.29, 0.717) is 104 Å². The second kappa shape index (κ2) is 35.3. The van der Waals surface area contributed by atoms with Gasteiger partial charge < -0.3 is 38.6 Å². The minimum absolute atomic E-state index is 0.00264. The van der Waals surface area contributed by atoms with Crippen LogP contribution in [-0.4, -0.2) is 111 Å². The predicted molar refractivity (Wildman–Crippen MR) is 475 cm³/mol. The zero-order valence-electron chi connectivity index (χ0n) is 67.6. The van der Waals surface area contributed by atoms with Crippen molar-refractivity contribution in [2.24, 2.45) is 14.1 Å². The Balaban J connectivity index is 0.000000129. The number of nitriles is 1. The van der Waals surface area contributed by atoms with E-state index in [2.05, 4.69) is 4.98 Å². The lowest BCUT2D eigenvalue weighted by atomic mass is 10.0. The van der Waals surface area contributed by atoms with Crippen LogP contribution < -0.4 is 30.7 Å². The maximum atomic E-state index is 14.2. The molecule has 5 N–H and O–H groups in total. The number of sulfonamides is 1. The highest BCUT2D eigenvalue weighted by Crippen LogP contribution is 2.45. The highest BCUT2D eigenvalue weighted by molar-refractivity contribution is 7.90. The number of carbonyl (C=O) groups is 10. The molecule has 0 unspecified atom stereocenters. The SMILES string of the molecule is Cn1c(C(=O)NS(=O)(=O)c2cc(F)ccc2F)c(-n2c(=O)[nH]c3ccccc3c2=O)c2cc(Cl)ccc21.Cn1c(C(=O)O)c(N2C(=O)Cc3cscc3C2=O)c2cc(CF)ccc21.N#Cc1ccc(Cn2c(C(=O)O)c(N3C(=O)Cc4cscc4C3=O)c3cc(CF)ccc32)cc1.O=C(O)c1c(N2C(=O)Cc3cscc3C2=O)c2cc(C(F)(F)F)ccc2n1Cc1cccc(Cl)c1. The van der Waals surface area contributed by atoms with Gasteiger partial charge in [-0.05, 0) is 170 Å². The van der Waals surface area contributed by atoms with Crippen molar-refractivity contribution in [3.05, 3.63) is 328 Å². The molecule has 3 aliphatic heterocycles. The van der Waals surface area contributed by atoms with Crippen LogP contribution in [0, 0.1) is 23.0 Å². The monoisotopic (exact) mass is 1910 g/mol. The fourth-order valence-corrected chi connectivity index (χ4v) is 20.0. The molecule has 0 saturated carbocycles. The van der Waals surface area contributed by atoms with Crippen LogP contribution in [0.2, 0.25) is 10.0 Å². The number of aromatic amines is 1. The second-order valence-corrected chi connectivity index (χ2v) is 34.7. The zero-order valence-corrected chi connectivity index (χ0v) is 72.4. The minimum atomic E-state index is -4.90. The van der Waals surface area contributed by atoms with Crippen molar-refractivity contribution < 1.29 is 102 Å². The van der Waals surface area contributed by atoms with Gasteiger partial charge in [0.25, 0.3) is 39.2 Å². The van der Waals surface area contributed by atoms with Crippen molar-refractivity contribution in [3.8, 4) is 11.8 Å². The van der Waals surface area contributed by atoms with Crippen molar-refractivity contribution in [1.82, 2.24) is 32.5 Å². The standard InChI is InChI=1S/C25H16FN3O4S.C24H14ClF3N2O4S.C24H15ClF2N4O5S.C18H13FN2O4S/c26-9-16-5-6-20-18(7-16)22(29-21(30)8-17-12-34-13-19(17)24(29)31)23(25(32)33)28(20)11-15-3-1-14(10-27)2-4-15;25-15-3-1-2-12(6-15)9-29-18-5-4-14(24(26,27)28)8-16(18)20(21(29)23(33)34)30-19(31)7-13-10-35-11-17(13)22(30)32;1-30-18-9-6-12(25)10-15(18)20(31-23(33)14-4-2-3-5-17(14)28-24(31)34)21(30)22(32)29-37(35,36)19-11-13(26)7-8-16(19)27;1-20-13-3-2-9(6-19)4-11(13)15(16(20)18(24)25)21-14(22)5-10-7-26-8-12(10)17(21)23/h1-7,12-13H,8-9,11H2,(H,32,33);1-6,8,10-11H,7,9H2,(H,33,34);2-11H,1H3,(H,28,34)(H,29,32);2-4,7-8H,5-6H2,1H3,(H,24,25). The molecule has 666 valence electrons. The molecule has 0 saturated heterocycles. The molecule has 132 heavy (non-hydrogen) atoms. The molecule has 0 aliphatic carbocycles. The lowest BCUT2D eigenvalue weighted by Gasteiger charge is -2.25. The number of hydrogen-bond acceptors (Lipinski definition) is 18. The first-order valence-electron chi connectivity index (χ1n) is 38.8. The number of carboxylic acid groups (broad SMARTS) is 3. The van der Waals surface area contributed by atoms with E-state index >= 15 is 0 Å². The third-order valence-corrected chi connectivity index (χ3v) is 26.2. The number of imide groups is 3. The first-order valence-corrected chi connectivity index (χ1v) is 43.9. The number of amides is 7. The van der Waals surface area contributed by atoms with Crippen molar-refractivity contribution in [2.45, 2.75) is 56.8 Å². The van der Waals surface area contributed by atoms with Gasteiger partial charge in [0.1, 0.15) is 35.6 Å².